The van der Waals surface area contributed by atoms with Crippen molar-refractivity contribution >= 4 is 5.97 Å². The average Bonchev–Trinajstić information content (AvgIpc) is 2.68. The van der Waals surface area contributed by atoms with E-state index in [4.69, 9.17) is 4.74 Å². The number of halogens is 1. The maximum Gasteiger partial charge on any atom is 0.337 e. The predicted molar refractivity (Wildman–Crippen MR) is 103 cm³/mol. The number of hydrogen-bond donors (Lipinski definition) is 0. The van der Waals surface area contributed by atoms with Crippen LogP contribution in [0.25, 0.3) is 11.1 Å². The van der Waals surface area contributed by atoms with Gasteiger partial charge >= 0.3 is 5.97 Å². The van der Waals surface area contributed by atoms with Gasteiger partial charge in [0.25, 0.3) is 0 Å². The lowest BCUT2D eigenvalue weighted by Gasteiger charge is -2.29. The third-order valence-corrected chi connectivity index (χ3v) is 5.62. The molecule has 0 bridgehead atoms. The van der Waals surface area contributed by atoms with E-state index >= 15 is 0 Å². The van der Waals surface area contributed by atoms with E-state index in [1.54, 1.807) is 18.2 Å². The van der Waals surface area contributed by atoms with Crippen LogP contribution in [0.3, 0.4) is 0 Å². The van der Waals surface area contributed by atoms with Gasteiger partial charge < -0.3 is 4.74 Å². The Balaban J connectivity index is 1.73. The summed E-state index contributed by atoms with van der Waals surface area (Å²) in [5.74, 6) is 0.695. The molecule has 1 aliphatic rings. The molecule has 0 unspecified atom stereocenters. The molecule has 26 heavy (non-hydrogen) atoms. The van der Waals surface area contributed by atoms with Crippen molar-refractivity contribution in [1.29, 1.82) is 0 Å². The van der Waals surface area contributed by atoms with Gasteiger partial charge in [-0.1, -0.05) is 44.0 Å². The first-order valence-corrected chi connectivity index (χ1v) is 9.60. The SMILES string of the molecule is CCCC1CCC(c2ccc(-c3ccc(C(=O)OC)cc3)cc2F)CC1. The lowest BCUT2D eigenvalue weighted by molar-refractivity contribution is 0.0601. The number of hydrogen-bond acceptors (Lipinski definition) is 2. The zero-order valence-electron chi connectivity index (χ0n) is 15.6. The van der Waals surface area contributed by atoms with Crippen LogP contribution in [0.2, 0.25) is 0 Å². The minimum Gasteiger partial charge on any atom is -0.465 e. The van der Waals surface area contributed by atoms with Crippen molar-refractivity contribution in [1.82, 2.24) is 0 Å². The van der Waals surface area contributed by atoms with Crippen LogP contribution >= 0.6 is 0 Å². The fraction of sp³-hybridized carbons (Fsp3) is 0.435. The largest absolute Gasteiger partial charge is 0.465 e. The fourth-order valence-corrected chi connectivity index (χ4v) is 4.12. The van der Waals surface area contributed by atoms with E-state index in [2.05, 4.69) is 6.92 Å². The quantitative estimate of drug-likeness (QED) is 0.585. The Morgan fingerprint density at radius 2 is 1.69 bits per heavy atom. The molecule has 0 spiro atoms. The van der Waals surface area contributed by atoms with Crippen molar-refractivity contribution in [2.75, 3.05) is 7.11 Å². The van der Waals surface area contributed by atoms with Gasteiger partial charge in [-0.05, 0) is 72.4 Å². The van der Waals surface area contributed by atoms with Crippen LogP contribution in [-0.4, -0.2) is 13.1 Å². The highest BCUT2D eigenvalue weighted by atomic mass is 19.1. The molecule has 0 atom stereocenters. The summed E-state index contributed by atoms with van der Waals surface area (Å²) in [6.07, 6.45) is 7.16. The van der Waals surface area contributed by atoms with E-state index in [0.29, 0.717) is 11.5 Å². The van der Waals surface area contributed by atoms with E-state index in [1.165, 1.54) is 32.8 Å². The first-order valence-electron chi connectivity index (χ1n) is 9.60. The number of rotatable bonds is 5. The molecule has 0 amide bonds. The second-order valence-corrected chi connectivity index (χ2v) is 7.31. The Kier molecular flexibility index (Phi) is 6.08. The Morgan fingerprint density at radius 3 is 2.27 bits per heavy atom. The molecule has 2 aromatic carbocycles. The van der Waals surface area contributed by atoms with Gasteiger partial charge in [-0.3, -0.25) is 0 Å². The van der Waals surface area contributed by atoms with E-state index in [1.807, 2.05) is 24.3 Å². The van der Waals surface area contributed by atoms with Crippen LogP contribution in [-0.2, 0) is 4.74 Å². The third kappa shape index (κ3) is 4.14. The molecular formula is C23H27FO2. The lowest BCUT2D eigenvalue weighted by atomic mass is 9.77. The summed E-state index contributed by atoms with van der Waals surface area (Å²) < 4.78 is 19.5. The molecule has 2 nitrogen and oxygen atoms in total. The zero-order chi connectivity index (χ0) is 18.5. The van der Waals surface area contributed by atoms with Gasteiger partial charge in [0, 0.05) is 0 Å². The fourth-order valence-electron chi connectivity index (χ4n) is 4.12. The molecular weight excluding hydrogens is 327 g/mol. The van der Waals surface area contributed by atoms with Crippen molar-refractivity contribution in [2.24, 2.45) is 5.92 Å². The lowest BCUT2D eigenvalue weighted by Crippen LogP contribution is -2.14. The van der Waals surface area contributed by atoms with Gasteiger partial charge in [0.15, 0.2) is 0 Å². The van der Waals surface area contributed by atoms with E-state index in [-0.39, 0.29) is 11.8 Å². The number of esters is 1. The van der Waals surface area contributed by atoms with Gasteiger partial charge in [-0.25, -0.2) is 9.18 Å². The van der Waals surface area contributed by atoms with Crippen LogP contribution in [0.1, 0.15) is 67.3 Å². The molecule has 0 aromatic heterocycles. The molecule has 3 rings (SSSR count). The average molecular weight is 354 g/mol. The number of benzene rings is 2. The minimum atomic E-state index is -0.364. The van der Waals surface area contributed by atoms with E-state index in [0.717, 1.165) is 35.4 Å². The van der Waals surface area contributed by atoms with Gasteiger partial charge in [0.05, 0.1) is 12.7 Å². The van der Waals surface area contributed by atoms with Crippen molar-refractivity contribution in [3.63, 3.8) is 0 Å². The van der Waals surface area contributed by atoms with Crippen molar-refractivity contribution in [3.8, 4) is 11.1 Å². The summed E-state index contributed by atoms with van der Waals surface area (Å²) in [5, 5.41) is 0. The molecule has 0 radical (unpaired) electrons. The number of carbonyl (C=O) groups excluding carboxylic acids is 1. The van der Waals surface area contributed by atoms with Crippen LogP contribution in [0.15, 0.2) is 42.5 Å². The van der Waals surface area contributed by atoms with Crippen molar-refractivity contribution in [2.45, 2.75) is 51.4 Å². The van der Waals surface area contributed by atoms with E-state index in [9.17, 15) is 9.18 Å². The Morgan fingerprint density at radius 1 is 1.04 bits per heavy atom. The maximum absolute atomic E-state index is 14.8. The third-order valence-electron chi connectivity index (χ3n) is 5.62. The number of ether oxygens (including phenoxy) is 1. The van der Waals surface area contributed by atoms with Gasteiger partial charge in [-0.15, -0.1) is 0 Å². The standard InChI is InChI=1S/C23H27FO2/c1-3-4-16-5-7-18(8-6-16)21-14-13-20(15-22(21)24)17-9-11-19(12-10-17)23(25)26-2/h9-16,18H,3-8H2,1-2H3. The summed E-state index contributed by atoms with van der Waals surface area (Å²) in [5.41, 5.74) is 3.09. The summed E-state index contributed by atoms with van der Waals surface area (Å²) in [7, 11) is 1.36. The van der Waals surface area contributed by atoms with Gasteiger partial charge in [0.2, 0.25) is 0 Å². The van der Waals surface area contributed by atoms with Crippen LogP contribution in [0, 0.1) is 11.7 Å². The molecule has 0 saturated heterocycles. The highest BCUT2D eigenvalue weighted by Crippen LogP contribution is 2.39. The number of methoxy groups -OCH3 is 1. The monoisotopic (exact) mass is 354 g/mol. The topological polar surface area (TPSA) is 26.3 Å². The molecule has 138 valence electrons. The summed E-state index contributed by atoms with van der Waals surface area (Å²) in [6, 6.07) is 12.6. The Bertz CT molecular complexity index is 743. The van der Waals surface area contributed by atoms with Crippen molar-refractivity contribution < 1.29 is 13.9 Å². The second kappa shape index (κ2) is 8.48. The first kappa shape index (κ1) is 18.6. The smallest absolute Gasteiger partial charge is 0.337 e. The molecule has 0 N–H and O–H groups in total. The normalized spacial score (nSPS) is 20.0. The van der Waals surface area contributed by atoms with Crippen LogP contribution in [0.5, 0.6) is 0 Å². The van der Waals surface area contributed by atoms with Crippen LogP contribution in [0.4, 0.5) is 4.39 Å². The molecule has 3 heteroatoms. The zero-order valence-corrected chi connectivity index (χ0v) is 15.6. The molecule has 2 aromatic rings. The predicted octanol–water partition coefficient (Wildman–Crippen LogP) is 6.35. The summed E-state index contributed by atoms with van der Waals surface area (Å²) >= 11 is 0. The molecule has 1 fully saturated rings. The highest BCUT2D eigenvalue weighted by Gasteiger charge is 2.24. The van der Waals surface area contributed by atoms with Gasteiger partial charge in [-0.2, -0.15) is 0 Å². The van der Waals surface area contributed by atoms with E-state index < -0.39 is 0 Å². The molecule has 0 aliphatic heterocycles. The Labute approximate surface area is 155 Å². The second-order valence-electron chi connectivity index (χ2n) is 7.31. The van der Waals surface area contributed by atoms with Crippen molar-refractivity contribution in [3.05, 3.63) is 59.4 Å². The van der Waals surface area contributed by atoms with Gasteiger partial charge in [0.1, 0.15) is 5.82 Å². The first-order chi connectivity index (χ1) is 12.6. The summed E-state index contributed by atoms with van der Waals surface area (Å²) in [4.78, 5) is 11.5. The maximum atomic E-state index is 14.8. The molecule has 1 aliphatic carbocycles. The Hall–Kier alpha value is -2.16. The number of carbonyl (C=O) groups is 1. The highest BCUT2D eigenvalue weighted by molar-refractivity contribution is 5.89. The summed E-state index contributed by atoms with van der Waals surface area (Å²) in [6.45, 7) is 2.24. The minimum absolute atomic E-state index is 0.113. The molecule has 0 heterocycles. The van der Waals surface area contributed by atoms with Crippen LogP contribution < -0.4 is 0 Å². The molecule has 1 saturated carbocycles.